The van der Waals surface area contributed by atoms with Crippen LogP contribution in [-0.4, -0.2) is 51.4 Å². The third kappa shape index (κ3) is 2.80. The molecule has 132 valence electrons. The van der Waals surface area contributed by atoms with Crippen molar-refractivity contribution in [2.75, 3.05) is 13.2 Å². The number of unbranched alkanes of at least 4 members (excludes halogenated alkanes) is 1. The molecule has 2 saturated heterocycles. The number of piperidine rings is 1. The van der Waals surface area contributed by atoms with Crippen LogP contribution in [0.1, 0.15) is 67.4 Å². The number of aromatic nitrogens is 2. The summed E-state index contributed by atoms with van der Waals surface area (Å²) in [4.78, 5) is 20.3. The number of carbonyl (C=O) groups excluding carboxylic acids is 1. The molecule has 1 aromatic heterocycles. The summed E-state index contributed by atoms with van der Waals surface area (Å²) in [5, 5.41) is 12.4. The van der Waals surface area contributed by atoms with Crippen LogP contribution >= 0.6 is 11.3 Å². The predicted octanol–water partition coefficient (Wildman–Crippen LogP) is 2.42. The Morgan fingerprint density at radius 1 is 1.29 bits per heavy atom. The van der Waals surface area contributed by atoms with Gasteiger partial charge in [-0.15, -0.1) is 10.2 Å². The van der Waals surface area contributed by atoms with Crippen LogP contribution in [0.3, 0.4) is 0 Å². The molecule has 1 unspecified atom stereocenters. The number of hydrogen-bond acceptors (Lipinski definition) is 6. The second-order valence-corrected chi connectivity index (χ2v) is 8.14. The Bertz CT molecular complexity index is 603. The highest BCUT2D eigenvalue weighted by molar-refractivity contribution is 7.11. The van der Waals surface area contributed by atoms with Gasteiger partial charge in [0.25, 0.3) is 0 Å². The van der Waals surface area contributed by atoms with Gasteiger partial charge in [0.05, 0.1) is 18.7 Å². The fraction of sp³-hybridized carbons (Fsp3) is 0.812. The maximum atomic E-state index is 12.7. The third-order valence-electron chi connectivity index (χ3n) is 5.32. The molecule has 3 aliphatic rings. The van der Waals surface area contributed by atoms with Crippen molar-refractivity contribution in [3.05, 3.63) is 10.0 Å². The first kappa shape index (κ1) is 16.2. The molecule has 0 spiro atoms. The van der Waals surface area contributed by atoms with E-state index in [1.54, 1.807) is 16.4 Å². The average Bonchev–Trinajstić information content (AvgIpc) is 3.12. The molecule has 24 heavy (non-hydrogen) atoms. The largest absolute Gasteiger partial charge is 0.344 e. The lowest BCUT2D eigenvalue weighted by Gasteiger charge is -2.30. The monoisotopic (exact) mass is 351 g/mol. The molecule has 4 rings (SSSR count). The van der Waals surface area contributed by atoms with Crippen LogP contribution < -0.4 is 5.73 Å². The van der Waals surface area contributed by atoms with E-state index in [1.807, 2.05) is 4.90 Å². The standard InChI is InChI=1S/C16H25N5O2S/c1-2-3-6-23-21-12-4-5-13(20(9-12)16(21)22)15-19-18-14(24-15)10-7-11(17)8-10/h10-13H,2-9,17H2,1H3/t10-,11+,12?,13-/m0/s1. The summed E-state index contributed by atoms with van der Waals surface area (Å²) in [6, 6.07) is 0.531. The van der Waals surface area contributed by atoms with E-state index in [1.165, 1.54) is 0 Å². The van der Waals surface area contributed by atoms with Crippen LogP contribution in [0.25, 0.3) is 0 Å². The Balaban J connectivity index is 1.43. The van der Waals surface area contributed by atoms with E-state index in [0.717, 1.165) is 55.1 Å². The number of carbonyl (C=O) groups is 1. The fourth-order valence-electron chi connectivity index (χ4n) is 3.77. The first-order valence-corrected chi connectivity index (χ1v) is 9.80. The van der Waals surface area contributed by atoms with Gasteiger partial charge in [-0.2, -0.15) is 5.06 Å². The second kappa shape index (κ2) is 6.57. The van der Waals surface area contributed by atoms with Gasteiger partial charge in [-0.05, 0) is 32.1 Å². The van der Waals surface area contributed by atoms with Gasteiger partial charge in [-0.3, -0.25) is 4.84 Å². The van der Waals surface area contributed by atoms with Crippen molar-refractivity contribution in [1.29, 1.82) is 0 Å². The van der Waals surface area contributed by atoms with E-state index in [0.29, 0.717) is 18.6 Å². The Morgan fingerprint density at radius 2 is 2.08 bits per heavy atom. The lowest BCUT2D eigenvalue weighted by molar-refractivity contribution is -0.130. The molecule has 2 amide bonds. The van der Waals surface area contributed by atoms with Gasteiger partial charge in [-0.1, -0.05) is 24.7 Å². The minimum absolute atomic E-state index is 0.0129. The normalized spacial score (nSPS) is 32.3. The zero-order chi connectivity index (χ0) is 16.7. The summed E-state index contributed by atoms with van der Waals surface area (Å²) in [6.45, 7) is 3.47. The average molecular weight is 351 g/mol. The van der Waals surface area contributed by atoms with Crippen LogP contribution in [0.15, 0.2) is 0 Å². The lowest BCUT2D eigenvalue weighted by Crippen LogP contribution is -2.34. The number of hydrogen-bond donors (Lipinski definition) is 1. The number of fused-ring (bicyclic) bond motifs is 2. The zero-order valence-corrected chi connectivity index (χ0v) is 14.9. The van der Waals surface area contributed by atoms with Crippen LogP contribution in [0.4, 0.5) is 4.79 Å². The highest BCUT2D eigenvalue weighted by Gasteiger charge is 2.47. The lowest BCUT2D eigenvalue weighted by atomic mass is 9.81. The van der Waals surface area contributed by atoms with E-state index in [2.05, 4.69) is 17.1 Å². The molecule has 1 aromatic rings. The molecule has 2 N–H and O–H groups in total. The van der Waals surface area contributed by atoms with Gasteiger partial charge < -0.3 is 10.6 Å². The van der Waals surface area contributed by atoms with Crippen LogP contribution in [0.5, 0.6) is 0 Å². The maximum Gasteiger partial charge on any atom is 0.344 e. The number of nitrogens with two attached hydrogens (primary N) is 1. The van der Waals surface area contributed by atoms with Gasteiger partial charge in [0.1, 0.15) is 10.0 Å². The predicted molar refractivity (Wildman–Crippen MR) is 90.4 cm³/mol. The Kier molecular flexibility index (Phi) is 4.44. The Morgan fingerprint density at radius 3 is 2.83 bits per heavy atom. The number of hydroxylamine groups is 2. The van der Waals surface area contributed by atoms with Crippen molar-refractivity contribution in [2.45, 2.75) is 69.5 Å². The highest BCUT2D eigenvalue weighted by Crippen LogP contribution is 2.42. The summed E-state index contributed by atoms with van der Waals surface area (Å²) >= 11 is 1.66. The molecular formula is C16H25N5O2S. The third-order valence-corrected chi connectivity index (χ3v) is 6.50. The van der Waals surface area contributed by atoms with Crippen molar-refractivity contribution < 1.29 is 9.63 Å². The van der Waals surface area contributed by atoms with E-state index in [9.17, 15) is 4.79 Å². The molecule has 3 fully saturated rings. The number of urea groups is 1. The van der Waals surface area contributed by atoms with Crippen LogP contribution in [0.2, 0.25) is 0 Å². The molecule has 1 saturated carbocycles. The number of rotatable bonds is 6. The zero-order valence-electron chi connectivity index (χ0n) is 14.1. The molecule has 3 heterocycles. The summed E-state index contributed by atoms with van der Waals surface area (Å²) in [5.41, 5.74) is 5.87. The van der Waals surface area contributed by atoms with E-state index < -0.39 is 0 Å². The minimum atomic E-state index is -0.0129. The van der Waals surface area contributed by atoms with Crippen molar-refractivity contribution in [2.24, 2.45) is 5.73 Å². The summed E-state index contributed by atoms with van der Waals surface area (Å²) in [7, 11) is 0. The van der Waals surface area contributed by atoms with E-state index in [-0.39, 0.29) is 18.1 Å². The van der Waals surface area contributed by atoms with Gasteiger partial charge >= 0.3 is 6.03 Å². The molecule has 2 bridgehead atoms. The molecule has 8 heteroatoms. The first-order valence-electron chi connectivity index (χ1n) is 8.99. The molecule has 7 nitrogen and oxygen atoms in total. The fourth-order valence-corrected chi connectivity index (χ4v) is 4.89. The summed E-state index contributed by atoms with van der Waals surface area (Å²) in [6.07, 6.45) is 5.94. The molecule has 0 radical (unpaired) electrons. The van der Waals surface area contributed by atoms with Crippen LogP contribution in [0, 0.1) is 0 Å². The summed E-state index contributed by atoms with van der Waals surface area (Å²) < 4.78 is 0. The number of amides is 2. The van der Waals surface area contributed by atoms with Gasteiger partial charge in [0, 0.05) is 18.5 Å². The maximum absolute atomic E-state index is 12.7. The second-order valence-electron chi connectivity index (χ2n) is 7.10. The molecular weight excluding hydrogens is 326 g/mol. The van der Waals surface area contributed by atoms with Crippen molar-refractivity contribution in [1.82, 2.24) is 20.2 Å². The SMILES string of the molecule is CCCCON1C(=O)N2CC1CC[C@H]2c1nnc([C@H]2C[C@@H](N)C2)s1. The van der Waals surface area contributed by atoms with E-state index in [4.69, 9.17) is 10.6 Å². The van der Waals surface area contributed by atoms with Crippen molar-refractivity contribution in [3.8, 4) is 0 Å². The minimum Gasteiger partial charge on any atom is -0.328 e. The van der Waals surface area contributed by atoms with Gasteiger partial charge in [0.2, 0.25) is 0 Å². The van der Waals surface area contributed by atoms with Crippen LogP contribution in [-0.2, 0) is 4.84 Å². The highest BCUT2D eigenvalue weighted by atomic mass is 32.1. The van der Waals surface area contributed by atoms with Gasteiger partial charge in [-0.25, -0.2) is 4.79 Å². The topological polar surface area (TPSA) is 84.6 Å². The molecule has 2 aliphatic heterocycles. The van der Waals surface area contributed by atoms with Crippen molar-refractivity contribution >= 4 is 17.4 Å². The molecule has 0 aromatic carbocycles. The first-order chi connectivity index (χ1) is 11.7. The Labute approximate surface area is 146 Å². The Hall–Kier alpha value is -1.25. The van der Waals surface area contributed by atoms with Crippen molar-refractivity contribution in [3.63, 3.8) is 0 Å². The molecule has 1 aliphatic carbocycles. The van der Waals surface area contributed by atoms with E-state index >= 15 is 0 Å². The number of nitrogens with zero attached hydrogens (tertiary/aromatic N) is 4. The molecule has 2 atom stereocenters. The van der Waals surface area contributed by atoms with Gasteiger partial charge in [0.15, 0.2) is 0 Å². The quantitative estimate of drug-likeness (QED) is 0.796. The summed E-state index contributed by atoms with van der Waals surface area (Å²) in [5.74, 6) is 0.464. The smallest absolute Gasteiger partial charge is 0.328 e.